The van der Waals surface area contributed by atoms with Gasteiger partial charge in [0, 0.05) is 6.54 Å². The van der Waals surface area contributed by atoms with Crippen molar-refractivity contribution in [2.75, 3.05) is 27.9 Å². The molecule has 8 nitrogen and oxygen atoms in total. The molecule has 0 aromatic heterocycles. The van der Waals surface area contributed by atoms with Gasteiger partial charge in [-0.1, -0.05) is 26.0 Å². The Morgan fingerprint density at radius 1 is 1.03 bits per heavy atom. The fourth-order valence-corrected chi connectivity index (χ4v) is 4.04. The number of carboxylic acid groups (broad SMARTS) is 1. The third kappa shape index (κ3) is 4.59. The number of amides is 2. The van der Waals surface area contributed by atoms with Gasteiger partial charge in [0.2, 0.25) is 0 Å². The van der Waals surface area contributed by atoms with E-state index in [9.17, 15) is 14.7 Å². The summed E-state index contributed by atoms with van der Waals surface area (Å²) < 4.78 is 16.2. The quantitative estimate of drug-likeness (QED) is 0.681. The van der Waals surface area contributed by atoms with Crippen LogP contribution >= 0.6 is 0 Å². The van der Waals surface area contributed by atoms with Crippen molar-refractivity contribution in [3.63, 3.8) is 0 Å². The molecule has 0 aliphatic carbocycles. The molecular formula is C24H30N2O6. The van der Waals surface area contributed by atoms with Crippen molar-refractivity contribution in [2.24, 2.45) is 5.92 Å². The van der Waals surface area contributed by atoms with Gasteiger partial charge in [0.15, 0.2) is 11.5 Å². The summed E-state index contributed by atoms with van der Waals surface area (Å²) in [6.45, 7) is 3.96. The number of fused-ring (bicyclic) bond motifs is 1. The average Bonchev–Trinajstić information content (AvgIpc) is 2.80. The first-order valence-electron chi connectivity index (χ1n) is 10.5. The third-order valence-electron chi connectivity index (χ3n) is 5.78. The van der Waals surface area contributed by atoms with E-state index in [1.54, 1.807) is 40.1 Å². The van der Waals surface area contributed by atoms with Gasteiger partial charge in [-0.15, -0.1) is 0 Å². The predicted molar refractivity (Wildman–Crippen MR) is 120 cm³/mol. The van der Waals surface area contributed by atoms with Crippen molar-refractivity contribution >= 4 is 12.0 Å². The molecule has 2 aromatic carbocycles. The fourth-order valence-electron chi connectivity index (χ4n) is 4.04. The second-order valence-electron chi connectivity index (χ2n) is 8.03. The Kier molecular flexibility index (Phi) is 7.12. The molecule has 1 aliphatic rings. The molecule has 0 saturated heterocycles. The molecule has 0 bridgehead atoms. The molecule has 0 radical (unpaired) electrons. The van der Waals surface area contributed by atoms with Crippen LogP contribution in [0.25, 0.3) is 0 Å². The number of nitrogens with zero attached hydrogens (tertiary/aromatic N) is 1. The summed E-state index contributed by atoms with van der Waals surface area (Å²) in [4.78, 5) is 26.6. The fraction of sp³-hybridized carbons (Fsp3) is 0.417. The first kappa shape index (κ1) is 23.2. The minimum Gasteiger partial charge on any atom is -0.497 e. The van der Waals surface area contributed by atoms with Crippen molar-refractivity contribution in [3.8, 4) is 17.2 Å². The van der Waals surface area contributed by atoms with E-state index >= 15 is 0 Å². The Balaban J connectivity index is 2.07. The molecule has 32 heavy (non-hydrogen) atoms. The van der Waals surface area contributed by atoms with Gasteiger partial charge in [0.05, 0.1) is 27.4 Å². The molecule has 172 valence electrons. The number of rotatable bonds is 7. The van der Waals surface area contributed by atoms with Gasteiger partial charge in [-0.3, -0.25) is 0 Å². The molecular weight excluding hydrogens is 412 g/mol. The largest absolute Gasteiger partial charge is 0.497 e. The van der Waals surface area contributed by atoms with Crippen molar-refractivity contribution in [1.29, 1.82) is 0 Å². The maximum atomic E-state index is 13.3. The Morgan fingerprint density at radius 3 is 2.19 bits per heavy atom. The lowest BCUT2D eigenvalue weighted by molar-refractivity contribution is -0.140. The molecule has 2 atom stereocenters. The molecule has 2 amide bonds. The van der Waals surface area contributed by atoms with Crippen molar-refractivity contribution in [1.82, 2.24) is 10.2 Å². The summed E-state index contributed by atoms with van der Waals surface area (Å²) in [6.07, 6.45) is 0.606. The second kappa shape index (κ2) is 9.80. The molecule has 2 N–H and O–H groups in total. The Labute approximate surface area is 188 Å². The topological polar surface area (TPSA) is 97.3 Å². The standard InChI is InChI=1S/C24H30N2O6/c1-14(2)21(23(27)28)25-24(29)26-11-10-16-12-19(31-4)20(32-5)13-18(16)22(26)15-6-8-17(30-3)9-7-15/h6-9,12-14,21-22H,10-11H2,1-5H3,(H,25,29)(H,27,28)/t21-,22+/m1/s1. The molecule has 8 heteroatoms. The van der Waals surface area contributed by atoms with Crippen LogP contribution in [-0.2, 0) is 11.2 Å². The summed E-state index contributed by atoms with van der Waals surface area (Å²) >= 11 is 0. The van der Waals surface area contributed by atoms with Crippen LogP contribution in [0.5, 0.6) is 17.2 Å². The summed E-state index contributed by atoms with van der Waals surface area (Å²) in [6, 6.07) is 9.50. The van der Waals surface area contributed by atoms with Crippen molar-refractivity contribution in [3.05, 3.63) is 53.1 Å². The summed E-state index contributed by atoms with van der Waals surface area (Å²) in [5.41, 5.74) is 2.84. The number of hydrogen-bond acceptors (Lipinski definition) is 5. The van der Waals surface area contributed by atoms with Gasteiger partial charge in [0.1, 0.15) is 11.8 Å². The number of nitrogens with one attached hydrogen (secondary N) is 1. The van der Waals surface area contributed by atoms with Crippen LogP contribution in [0.2, 0.25) is 0 Å². The minimum absolute atomic E-state index is 0.252. The number of hydrogen-bond donors (Lipinski definition) is 2. The summed E-state index contributed by atoms with van der Waals surface area (Å²) in [5, 5.41) is 12.2. The van der Waals surface area contributed by atoms with Crippen LogP contribution in [0.3, 0.4) is 0 Å². The number of urea groups is 1. The summed E-state index contributed by atoms with van der Waals surface area (Å²) in [5.74, 6) is 0.593. The lowest BCUT2D eigenvalue weighted by atomic mass is 9.87. The Morgan fingerprint density at radius 2 is 1.66 bits per heavy atom. The van der Waals surface area contributed by atoms with Gasteiger partial charge in [-0.2, -0.15) is 0 Å². The number of ether oxygens (including phenoxy) is 3. The molecule has 1 aliphatic heterocycles. The Hall–Kier alpha value is -3.42. The van der Waals surface area contributed by atoms with E-state index in [-0.39, 0.29) is 5.92 Å². The SMILES string of the molecule is COc1ccc([C@H]2c3cc(OC)c(OC)cc3CCN2C(=O)N[C@@H](C(=O)O)C(C)C)cc1. The predicted octanol–water partition coefficient (Wildman–Crippen LogP) is 3.48. The Bertz CT molecular complexity index is 973. The van der Waals surface area contributed by atoms with E-state index in [0.29, 0.717) is 30.2 Å². The highest BCUT2D eigenvalue weighted by atomic mass is 16.5. The molecule has 0 fully saturated rings. The van der Waals surface area contributed by atoms with Gasteiger partial charge < -0.3 is 29.5 Å². The van der Waals surface area contributed by atoms with Crippen molar-refractivity contribution < 1.29 is 28.9 Å². The first-order chi connectivity index (χ1) is 15.3. The number of carbonyl (C=O) groups is 2. The number of benzene rings is 2. The highest BCUT2D eigenvalue weighted by Crippen LogP contribution is 2.41. The lowest BCUT2D eigenvalue weighted by Crippen LogP contribution is -2.52. The van der Waals surface area contributed by atoms with Crippen LogP contribution in [0.4, 0.5) is 4.79 Å². The molecule has 0 saturated carbocycles. The molecule has 1 heterocycles. The smallest absolute Gasteiger partial charge is 0.326 e. The van der Waals surface area contributed by atoms with E-state index in [0.717, 1.165) is 16.7 Å². The van der Waals surface area contributed by atoms with Crippen molar-refractivity contribution in [2.45, 2.75) is 32.4 Å². The van der Waals surface area contributed by atoms with E-state index in [2.05, 4.69) is 5.32 Å². The normalized spacial score (nSPS) is 16.2. The van der Waals surface area contributed by atoms with E-state index in [1.165, 1.54) is 0 Å². The van der Waals surface area contributed by atoms with Gasteiger partial charge in [-0.05, 0) is 53.3 Å². The molecule has 0 unspecified atom stereocenters. The minimum atomic E-state index is -1.06. The van der Waals surface area contributed by atoms with E-state index < -0.39 is 24.1 Å². The highest BCUT2D eigenvalue weighted by Gasteiger charge is 2.35. The van der Waals surface area contributed by atoms with Gasteiger partial charge in [-0.25, -0.2) is 9.59 Å². The maximum Gasteiger partial charge on any atom is 0.326 e. The molecule has 2 aromatic rings. The third-order valence-corrected chi connectivity index (χ3v) is 5.78. The van der Waals surface area contributed by atoms with E-state index in [1.807, 2.05) is 36.4 Å². The lowest BCUT2D eigenvalue weighted by Gasteiger charge is -2.39. The highest BCUT2D eigenvalue weighted by molar-refractivity contribution is 5.83. The zero-order valence-electron chi connectivity index (χ0n) is 19.0. The van der Waals surface area contributed by atoms with Gasteiger partial charge in [0.25, 0.3) is 0 Å². The first-order valence-corrected chi connectivity index (χ1v) is 10.5. The number of carbonyl (C=O) groups excluding carboxylic acids is 1. The van der Waals surface area contributed by atoms with Crippen LogP contribution in [-0.4, -0.2) is 55.9 Å². The summed E-state index contributed by atoms with van der Waals surface area (Å²) in [7, 11) is 4.76. The van der Waals surface area contributed by atoms with Crippen LogP contribution < -0.4 is 19.5 Å². The van der Waals surface area contributed by atoms with Crippen LogP contribution in [0.15, 0.2) is 36.4 Å². The average molecular weight is 443 g/mol. The molecule has 3 rings (SSSR count). The van der Waals surface area contributed by atoms with E-state index in [4.69, 9.17) is 14.2 Å². The number of aliphatic carboxylic acids is 1. The maximum absolute atomic E-state index is 13.3. The van der Waals surface area contributed by atoms with Crippen LogP contribution in [0.1, 0.15) is 36.6 Å². The number of carboxylic acids is 1. The zero-order valence-corrected chi connectivity index (χ0v) is 19.0. The second-order valence-corrected chi connectivity index (χ2v) is 8.03. The van der Waals surface area contributed by atoms with Gasteiger partial charge >= 0.3 is 12.0 Å². The zero-order chi connectivity index (χ0) is 23.4. The van der Waals surface area contributed by atoms with Crippen LogP contribution in [0, 0.1) is 5.92 Å². The monoisotopic (exact) mass is 442 g/mol. The molecule has 0 spiro atoms. The number of methoxy groups -OCH3 is 3.